The molecule has 0 spiro atoms. The van der Waals surface area contributed by atoms with Crippen molar-refractivity contribution in [3.05, 3.63) is 59.1 Å². The molecule has 1 saturated heterocycles. The SMILES string of the molecule is CN1CCN(CCCNC(=O)c2ccccc2NS(=O)(=O)c2ccc(Cl)cc2)CC1. The Labute approximate surface area is 183 Å². The largest absolute Gasteiger partial charge is 0.352 e. The van der Waals surface area contributed by atoms with Crippen molar-refractivity contribution in [3.63, 3.8) is 0 Å². The lowest BCUT2D eigenvalue weighted by molar-refractivity contribution is 0.0950. The van der Waals surface area contributed by atoms with Crippen molar-refractivity contribution < 1.29 is 13.2 Å². The van der Waals surface area contributed by atoms with Gasteiger partial charge in [-0.05, 0) is 56.4 Å². The van der Waals surface area contributed by atoms with E-state index in [1.807, 2.05) is 0 Å². The van der Waals surface area contributed by atoms with Crippen LogP contribution in [-0.4, -0.2) is 70.4 Å². The van der Waals surface area contributed by atoms with Crippen molar-refractivity contribution in [2.45, 2.75) is 11.3 Å². The Morgan fingerprint density at radius 2 is 1.70 bits per heavy atom. The Balaban J connectivity index is 1.57. The fourth-order valence-electron chi connectivity index (χ4n) is 3.26. The fraction of sp³-hybridized carbons (Fsp3) is 0.381. The molecular weight excluding hydrogens is 424 g/mol. The molecule has 0 unspecified atom stereocenters. The number of nitrogens with zero attached hydrogens (tertiary/aromatic N) is 2. The summed E-state index contributed by atoms with van der Waals surface area (Å²) in [4.78, 5) is 17.4. The molecule has 1 aliphatic heterocycles. The molecule has 1 amide bonds. The number of para-hydroxylation sites is 1. The summed E-state index contributed by atoms with van der Waals surface area (Å²) in [5.74, 6) is -0.303. The normalized spacial score (nSPS) is 15.7. The van der Waals surface area contributed by atoms with Gasteiger partial charge in [0.1, 0.15) is 0 Å². The molecule has 3 rings (SSSR count). The molecule has 0 radical (unpaired) electrons. The molecule has 0 aliphatic carbocycles. The van der Waals surface area contributed by atoms with Gasteiger partial charge in [-0.15, -0.1) is 0 Å². The number of sulfonamides is 1. The second-order valence-corrected chi connectivity index (χ2v) is 9.48. The molecule has 30 heavy (non-hydrogen) atoms. The van der Waals surface area contributed by atoms with Crippen molar-refractivity contribution in [2.24, 2.45) is 0 Å². The van der Waals surface area contributed by atoms with Gasteiger partial charge in [-0.3, -0.25) is 9.52 Å². The second kappa shape index (κ2) is 10.3. The summed E-state index contributed by atoms with van der Waals surface area (Å²) in [7, 11) is -1.71. The molecule has 1 aliphatic rings. The Bertz CT molecular complexity index is 958. The van der Waals surface area contributed by atoms with Gasteiger partial charge in [-0.25, -0.2) is 8.42 Å². The fourth-order valence-corrected chi connectivity index (χ4v) is 4.46. The minimum Gasteiger partial charge on any atom is -0.352 e. The van der Waals surface area contributed by atoms with Gasteiger partial charge < -0.3 is 15.1 Å². The minimum atomic E-state index is -3.83. The molecule has 0 saturated carbocycles. The number of carbonyl (C=O) groups is 1. The first-order valence-electron chi connectivity index (χ1n) is 9.92. The standard InChI is InChI=1S/C21H27ClN4O3S/c1-25-13-15-26(16-14-25)12-4-11-23-21(27)19-5-2-3-6-20(19)24-30(28,29)18-9-7-17(22)8-10-18/h2-3,5-10,24H,4,11-16H2,1H3,(H,23,27). The number of hydrogen-bond donors (Lipinski definition) is 2. The monoisotopic (exact) mass is 450 g/mol. The van der Waals surface area contributed by atoms with E-state index in [0.29, 0.717) is 11.6 Å². The minimum absolute atomic E-state index is 0.0780. The average molecular weight is 451 g/mol. The zero-order valence-corrected chi connectivity index (χ0v) is 18.5. The summed E-state index contributed by atoms with van der Waals surface area (Å²) in [6.07, 6.45) is 0.841. The van der Waals surface area contributed by atoms with Gasteiger partial charge in [0, 0.05) is 37.7 Å². The van der Waals surface area contributed by atoms with E-state index in [9.17, 15) is 13.2 Å². The third-order valence-electron chi connectivity index (χ3n) is 5.07. The summed E-state index contributed by atoms with van der Waals surface area (Å²) >= 11 is 5.83. The Morgan fingerprint density at radius 3 is 2.40 bits per heavy atom. The topological polar surface area (TPSA) is 81.8 Å². The van der Waals surface area contributed by atoms with Crippen LogP contribution >= 0.6 is 11.6 Å². The lowest BCUT2D eigenvalue weighted by Gasteiger charge is -2.32. The van der Waals surface area contributed by atoms with Gasteiger partial charge >= 0.3 is 0 Å². The van der Waals surface area contributed by atoms with E-state index in [4.69, 9.17) is 11.6 Å². The van der Waals surface area contributed by atoms with Crippen LogP contribution in [0.5, 0.6) is 0 Å². The summed E-state index contributed by atoms with van der Waals surface area (Å²) in [6.45, 7) is 5.67. The van der Waals surface area contributed by atoms with Crippen molar-refractivity contribution in [1.29, 1.82) is 0 Å². The molecule has 7 nitrogen and oxygen atoms in total. The van der Waals surface area contributed by atoms with Crippen LogP contribution in [0.1, 0.15) is 16.8 Å². The number of nitrogens with one attached hydrogen (secondary N) is 2. The molecule has 1 heterocycles. The average Bonchev–Trinajstić information content (AvgIpc) is 2.73. The number of benzene rings is 2. The highest BCUT2D eigenvalue weighted by Crippen LogP contribution is 2.21. The number of amides is 1. The third-order valence-corrected chi connectivity index (χ3v) is 6.71. The van der Waals surface area contributed by atoms with Crippen LogP contribution in [0, 0.1) is 0 Å². The maximum Gasteiger partial charge on any atom is 0.261 e. The highest BCUT2D eigenvalue weighted by atomic mass is 35.5. The Hall–Kier alpha value is -2.13. The zero-order valence-electron chi connectivity index (χ0n) is 17.0. The Kier molecular flexibility index (Phi) is 7.71. The lowest BCUT2D eigenvalue weighted by Crippen LogP contribution is -2.45. The van der Waals surface area contributed by atoms with Gasteiger partial charge in [0.2, 0.25) is 0 Å². The highest BCUT2D eigenvalue weighted by molar-refractivity contribution is 7.92. The van der Waals surface area contributed by atoms with Gasteiger partial charge in [-0.1, -0.05) is 23.7 Å². The predicted octanol–water partition coefficient (Wildman–Crippen LogP) is 2.51. The molecule has 9 heteroatoms. The van der Waals surface area contributed by atoms with E-state index < -0.39 is 10.0 Å². The van der Waals surface area contributed by atoms with Crippen LogP contribution in [0.25, 0.3) is 0 Å². The van der Waals surface area contributed by atoms with Gasteiger partial charge in [0.15, 0.2) is 0 Å². The smallest absolute Gasteiger partial charge is 0.261 e. The number of anilines is 1. The number of hydrogen-bond acceptors (Lipinski definition) is 5. The number of rotatable bonds is 8. The maximum atomic E-state index is 12.7. The van der Waals surface area contributed by atoms with Gasteiger partial charge in [-0.2, -0.15) is 0 Å². The zero-order chi connectivity index (χ0) is 21.6. The third kappa shape index (κ3) is 6.18. The van der Waals surface area contributed by atoms with Crippen molar-refractivity contribution >= 4 is 33.2 Å². The first-order valence-corrected chi connectivity index (χ1v) is 11.8. The molecule has 2 aromatic carbocycles. The van der Waals surface area contributed by atoms with Crippen LogP contribution < -0.4 is 10.0 Å². The van der Waals surface area contributed by atoms with Crippen LogP contribution in [0.4, 0.5) is 5.69 Å². The molecular formula is C21H27ClN4O3S. The first-order chi connectivity index (χ1) is 14.3. The highest BCUT2D eigenvalue weighted by Gasteiger charge is 2.19. The predicted molar refractivity (Wildman–Crippen MR) is 120 cm³/mol. The number of carbonyl (C=O) groups excluding carboxylic acids is 1. The number of halogens is 1. The molecule has 2 N–H and O–H groups in total. The quantitative estimate of drug-likeness (QED) is 0.604. The molecule has 0 aromatic heterocycles. The number of piperazine rings is 1. The summed E-state index contributed by atoms with van der Waals surface area (Å²) in [5, 5.41) is 3.34. The van der Waals surface area contributed by atoms with E-state index in [0.717, 1.165) is 39.1 Å². The van der Waals surface area contributed by atoms with Crippen LogP contribution in [-0.2, 0) is 10.0 Å². The molecule has 0 bridgehead atoms. The summed E-state index contributed by atoms with van der Waals surface area (Å²) in [6, 6.07) is 12.4. The maximum absolute atomic E-state index is 12.7. The van der Waals surface area contributed by atoms with Crippen molar-refractivity contribution in [2.75, 3.05) is 51.0 Å². The van der Waals surface area contributed by atoms with E-state index in [-0.39, 0.29) is 22.1 Å². The van der Waals surface area contributed by atoms with Crippen molar-refractivity contribution in [1.82, 2.24) is 15.1 Å². The van der Waals surface area contributed by atoms with E-state index in [1.54, 1.807) is 24.3 Å². The van der Waals surface area contributed by atoms with Gasteiger partial charge in [0.05, 0.1) is 16.1 Å². The molecule has 162 valence electrons. The molecule has 2 aromatic rings. The van der Waals surface area contributed by atoms with E-state index in [1.165, 1.54) is 24.3 Å². The first kappa shape index (κ1) is 22.6. The summed E-state index contributed by atoms with van der Waals surface area (Å²) in [5.41, 5.74) is 0.527. The molecule has 1 fully saturated rings. The lowest BCUT2D eigenvalue weighted by atomic mass is 10.1. The molecule has 0 atom stereocenters. The number of likely N-dealkylation sites (N-methyl/N-ethyl adjacent to an activating group) is 1. The van der Waals surface area contributed by atoms with E-state index >= 15 is 0 Å². The van der Waals surface area contributed by atoms with Crippen LogP contribution in [0.15, 0.2) is 53.4 Å². The summed E-state index contributed by atoms with van der Waals surface area (Å²) < 4.78 is 27.8. The second-order valence-electron chi connectivity index (χ2n) is 7.36. The van der Waals surface area contributed by atoms with Gasteiger partial charge in [0.25, 0.3) is 15.9 Å². The van der Waals surface area contributed by atoms with E-state index in [2.05, 4.69) is 26.9 Å². The van der Waals surface area contributed by atoms with Crippen LogP contribution in [0.2, 0.25) is 5.02 Å². The van der Waals surface area contributed by atoms with Crippen LogP contribution in [0.3, 0.4) is 0 Å². The van der Waals surface area contributed by atoms with Crippen molar-refractivity contribution in [3.8, 4) is 0 Å². The Morgan fingerprint density at radius 1 is 1.03 bits per heavy atom.